The largest absolute Gasteiger partial charge is 0.463 e. The van der Waals surface area contributed by atoms with Gasteiger partial charge in [0.05, 0.1) is 12.5 Å². The molecule has 1 aliphatic carbocycles. The monoisotopic (exact) mass is 214 g/mol. The molecule has 1 saturated carbocycles. The number of hydrogen-bond acceptors (Lipinski definition) is 4. The van der Waals surface area contributed by atoms with Gasteiger partial charge in [0.1, 0.15) is 6.61 Å². The van der Waals surface area contributed by atoms with Crippen LogP contribution in [-0.2, 0) is 19.0 Å². The summed E-state index contributed by atoms with van der Waals surface area (Å²) in [7, 11) is 0. The van der Waals surface area contributed by atoms with Gasteiger partial charge >= 0.3 is 5.97 Å². The number of carbonyl (C=O) groups excluding carboxylic acids is 1. The molecule has 1 heterocycles. The van der Waals surface area contributed by atoms with Gasteiger partial charge in [0, 0.05) is 6.61 Å². The molecule has 1 unspecified atom stereocenters. The molecule has 1 saturated heterocycles. The first kappa shape index (κ1) is 10.9. The van der Waals surface area contributed by atoms with E-state index in [4.69, 9.17) is 14.2 Å². The summed E-state index contributed by atoms with van der Waals surface area (Å²) in [5, 5.41) is 0. The van der Waals surface area contributed by atoms with Crippen molar-refractivity contribution in [3.63, 3.8) is 0 Å². The Morgan fingerprint density at radius 1 is 1.20 bits per heavy atom. The van der Waals surface area contributed by atoms with Gasteiger partial charge in [-0.1, -0.05) is 0 Å². The van der Waals surface area contributed by atoms with Gasteiger partial charge in [-0.2, -0.15) is 0 Å². The van der Waals surface area contributed by atoms with Gasteiger partial charge in [-0.05, 0) is 32.1 Å². The average molecular weight is 214 g/mol. The van der Waals surface area contributed by atoms with Crippen molar-refractivity contribution in [1.29, 1.82) is 0 Å². The maximum atomic E-state index is 11.1. The highest BCUT2D eigenvalue weighted by Gasteiger charge is 2.31. The normalized spacial score (nSPS) is 26.3. The minimum absolute atomic E-state index is 0.0665. The Morgan fingerprint density at radius 3 is 2.73 bits per heavy atom. The highest BCUT2D eigenvalue weighted by molar-refractivity contribution is 5.74. The molecular formula is C11H18O4. The van der Waals surface area contributed by atoms with E-state index in [1.165, 1.54) is 0 Å². The molecule has 0 aromatic carbocycles. The van der Waals surface area contributed by atoms with Gasteiger partial charge < -0.3 is 14.2 Å². The topological polar surface area (TPSA) is 44.8 Å². The predicted octanol–water partition coefficient (Wildman–Crippen LogP) is 1.48. The lowest BCUT2D eigenvalue weighted by molar-refractivity contribution is -0.174. The van der Waals surface area contributed by atoms with E-state index in [0.717, 1.165) is 38.7 Å². The SMILES string of the molecule is O=C(OCCOC1CCCCO1)C1CC1. The van der Waals surface area contributed by atoms with E-state index >= 15 is 0 Å². The summed E-state index contributed by atoms with van der Waals surface area (Å²) >= 11 is 0. The van der Waals surface area contributed by atoms with Crippen molar-refractivity contribution in [2.24, 2.45) is 5.92 Å². The van der Waals surface area contributed by atoms with E-state index in [0.29, 0.717) is 13.2 Å². The first-order valence-electron chi connectivity index (χ1n) is 5.76. The van der Waals surface area contributed by atoms with Crippen molar-refractivity contribution in [3.8, 4) is 0 Å². The van der Waals surface area contributed by atoms with E-state index in [2.05, 4.69) is 0 Å². The van der Waals surface area contributed by atoms with E-state index < -0.39 is 0 Å². The van der Waals surface area contributed by atoms with Crippen LogP contribution >= 0.6 is 0 Å². The van der Waals surface area contributed by atoms with Crippen molar-refractivity contribution in [3.05, 3.63) is 0 Å². The molecule has 0 aromatic heterocycles. The second-order valence-corrected chi connectivity index (χ2v) is 4.11. The summed E-state index contributed by atoms with van der Waals surface area (Å²) in [6, 6.07) is 0. The van der Waals surface area contributed by atoms with Crippen LogP contribution in [0.5, 0.6) is 0 Å². The third-order valence-corrected chi connectivity index (χ3v) is 2.68. The van der Waals surface area contributed by atoms with E-state index in [9.17, 15) is 4.79 Å². The average Bonchev–Trinajstić information content (AvgIpc) is 3.09. The number of carbonyl (C=O) groups is 1. The molecule has 0 N–H and O–H groups in total. The van der Waals surface area contributed by atoms with Crippen molar-refractivity contribution in [1.82, 2.24) is 0 Å². The summed E-state index contributed by atoms with van der Waals surface area (Å²) in [4.78, 5) is 11.1. The Hall–Kier alpha value is -0.610. The van der Waals surface area contributed by atoms with Crippen molar-refractivity contribution >= 4 is 5.97 Å². The molecule has 86 valence electrons. The summed E-state index contributed by atoms with van der Waals surface area (Å²) in [6.07, 6.45) is 5.13. The zero-order valence-corrected chi connectivity index (χ0v) is 8.94. The van der Waals surface area contributed by atoms with Crippen LogP contribution in [0.4, 0.5) is 0 Å². The van der Waals surface area contributed by atoms with E-state index in [-0.39, 0.29) is 18.2 Å². The standard InChI is InChI=1S/C11H18O4/c12-11(9-4-5-9)15-8-7-14-10-3-1-2-6-13-10/h9-10H,1-8H2. The molecule has 15 heavy (non-hydrogen) atoms. The molecule has 0 bridgehead atoms. The Labute approximate surface area is 89.9 Å². The zero-order chi connectivity index (χ0) is 10.5. The third kappa shape index (κ3) is 3.80. The number of hydrogen-bond donors (Lipinski definition) is 0. The number of ether oxygens (including phenoxy) is 3. The summed E-state index contributed by atoms with van der Waals surface area (Å²) < 4.78 is 15.9. The highest BCUT2D eigenvalue weighted by atomic mass is 16.7. The third-order valence-electron chi connectivity index (χ3n) is 2.68. The fourth-order valence-corrected chi connectivity index (χ4v) is 1.60. The van der Waals surface area contributed by atoms with Gasteiger partial charge in [0.25, 0.3) is 0 Å². The van der Waals surface area contributed by atoms with E-state index in [1.807, 2.05) is 0 Å². The minimum atomic E-state index is -0.0848. The van der Waals surface area contributed by atoms with Crippen molar-refractivity contribution in [2.45, 2.75) is 38.4 Å². The Kier molecular flexibility index (Phi) is 3.97. The van der Waals surface area contributed by atoms with Crippen LogP contribution in [0.25, 0.3) is 0 Å². The van der Waals surface area contributed by atoms with Crippen LogP contribution < -0.4 is 0 Å². The van der Waals surface area contributed by atoms with Gasteiger partial charge in [-0.3, -0.25) is 4.79 Å². The smallest absolute Gasteiger partial charge is 0.309 e. The van der Waals surface area contributed by atoms with Crippen LogP contribution in [0.3, 0.4) is 0 Å². The van der Waals surface area contributed by atoms with Crippen LogP contribution in [0.2, 0.25) is 0 Å². The molecule has 1 atom stereocenters. The Morgan fingerprint density at radius 2 is 2.07 bits per heavy atom. The molecule has 0 aromatic rings. The predicted molar refractivity (Wildman–Crippen MR) is 53.2 cm³/mol. The molecular weight excluding hydrogens is 196 g/mol. The van der Waals surface area contributed by atoms with E-state index in [1.54, 1.807) is 0 Å². The fourth-order valence-electron chi connectivity index (χ4n) is 1.60. The first-order chi connectivity index (χ1) is 7.36. The molecule has 0 spiro atoms. The van der Waals surface area contributed by atoms with Gasteiger partial charge in [-0.15, -0.1) is 0 Å². The minimum Gasteiger partial charge on any atom is -0.463 e. The summed E-state index contributed by atoms with van der Waals surface area (Å²) in [5.74, 6) is 0.110. The van der Waals surface area contributed by atoms with Gasteiger partial charge in [-0.25, -0.2) is 0 Å². The molecule has 2 fully saturated rings. The number of rotatable bonds is 5. The lowest BCUT2D eigenvalue weighted by Gasteiger charge is -2.22. The molecule has 4 heteroatoms. The summed E-state index contributed by atoms with van der Waals surface area (Å²) in [5.41, 5.74) is 0. The number of esters is 1. The maximum absolute atomic E-state index is 11.1. The van der Waals surface area contributed by atoms with Crippen LogP contribution in [0.15, 0.2) is 0 Å². The van der Waals surface area contributed by atoms with Gasteiger partial charge in [0.15, 0.2) is 6.29 Å². The van der Waals surface area contributed by atoms with Crippen molar-refractivity contribution < 1.29 is 19.0 Å². The molecule has 2 rings (SSSR count). The maximum Gasteiger partial charge on any atom is 0.309 e. The lowest BCUT2D eigenvalue weighted by Crippen LogP contribution is -2.24. The van der Waals surface area contributed by atoms with Crippen LogP contribution in [-0.4, -0.2) is 32.1 Å². The highest BCUT2D eigenvalue weighted by Crippen LogP contribution is 2.29. The molecule has 0 amide bonds. The Bertz CT molecular complexity index is 207. The zero-order valence-electron chi connectivity index (χ0n) is 8.94. The van der Waals surface area contributed by atoms with Gasteiger partial charge in [0.2, 0.25) is 0 Å². The Balaban J connectivity index is 1.48. The fraction of sp³-hybridized carbons (Fsp3) is 0.909. The molecule has 0 radical (unpaired) electrons. The van der Waals surface area contributed by atoms with Crippen LogP contribution in [0, 0.1) is 5.92 Å². The summed E-state index contributed by atoms with van der Waals surface area (Å²) in [6.45, 7) is 1.59. The molecule has 1 aliphatic heterocycles. The van der Waals surface area contributed by atoms with Crippen LogP contribution in [0.1, 0.15) is 32.1 Å². The lowest BCUT2D eigenvalue weighted by atomic mass is 10.2. The first-order valence-corrected chi connectivity index (χ1v) is 5.76. The van der Waals surface area contributed by atoms with Crippen molar-refractivity contribution in [2.75, 3.05) is 19.8 Å². The second kappa shape index (κ2) is 5.47. The molecule has 2 aliphatic rings. The quantitative estimate of drug-likeness (QED) is 0.513. The second-order valence-electron chi connectivity index (χ2n) is 4.11. The molecule has 4 nitrogen and oxygen atoms in total.